The molecule has 1 aliphatic heterocycles. The third-order valence-corrected chi connectivity index (χ3v) is 4.46. The Morgan fingerprint density at radius 1 is 1.35 bits per heavy atom. The lowest BCUT2D eigenvalue weighted by molar-refractivity contribution is 0.391. The molecule has 0 fully saturated rings. The first kappa shape index (κ1) is 20.7. The van der Waals surface area contributed by atoms with Crippen molar-refractivity contribution in [1.82, 2.24) is 30.6 Å². The summed E-state index contributed by atoms with van der Waals surface area (Å²) in [7, 11) is 0. The topological polar surface area (TPSA) is 93.2 Å². The van der Waals surface area contributed by atoms with Crippen LogP contribution in [0.2, 0.25) is 0 Å². The number of aromatic nitrogens is 4. The highest BCUT2D eigenvalue weighted by Crippen LogP contribution is 2.14. The fourth-order valence-corrected chi connectivity index (χ4v) is 3.20. The fraction of sp³-hybridized carbons (Fsp3) is 0.647. The van der Waals surface area contributed by atoms with Gasteiger partial charge in [-0.2, -0.15) is 5.10 Å². The van der Waals surface area contributed by atoms with Gasteiger partial charge in [0.05, 0.1) is 12.2 Å². The highest BCUT2D eigenvalue weighted by atomic mass is 127. The normalized spacial score (nSPS) is 16.8. The second kappa shape index (κ2) is 9.33. The number of nitrogens with one attached hydrogen (secondary N) is 2. The van der Waals surface area contributed by atoms with Crippen LogP contribution in [0.3, 0.4) is 0 Å². The Kier molecular flexibility index (Phi) is 7.42. The van der Waals surface area contributed by atoms with Crippen molar-refractivity contribution in [3.05, 3.63) is 28.7 Å². The van der Waals surface area contributed by atoms with Crippen molar-refractivity contribution >= 4 is 29.9 Å². The molecule has 2 aromatic heterocycles. The standard InChI is InChI=1S/C17H27N7O.HI/c1-5-18-17(19-9-8-15-11(2)23-25-12(15)3)21-14-6-7-16-20-13(4)22-24(16)10-14;/h14H,5-10H2,1-4H3,(H2,18,19,21);1H. The van der Waals surface area contributed by atoms with Crippen LogP contribution in [0.25, 0.3) is 0 Å². The molecule has 144 valence electrons. The smallest absolute Gasteiger partial charge is 0.191 e. The number of halogens is 1. The maximum Gasteiger partial charge on any atom is 0.191 e. The number of fused-ring (bicyclic) bond motifs is 1. The van der Waals surface area contributed by atoms with Crippen LogP contribution >= 0.6 is 24.0 Å². The first-order chi connectivity index (χ1) is 12.1. The highest BCUT2D eigenvalue weighted by Gasteiger charge is 2.21. The van der Waals surface area contributed by atoms with E-state index < -0.39 is 0 Å². The molecule has 3 heterocycles. The van der Waals surface area contributed by atoms with Gasteiger partial charge in [-0.25, -0.2) is 9.67 Å². The van der Waals surface area contributed by atoms with Gasteiger partial charge in [-0.15, -0.1) is 24.0 Å². The monoisotopic (exact) mass is 473 g/mol. The minimum atomic E-state index is 0. The summed E-state index contributed by atoms with van der Waals surface area (Å²) >= 11 is 0. The molecule has 3 rings (SSSR count). The molecule has 9 heteroatoms. The molecule has 0 saturated heterocycles. The summed E-state index contributed by atoms with van der Waals surface area (Å²) in [6, 6.07) is 0.311. The lowest BCUT2D eigenvalue weighted by Gasteiger charge is -2.25. The van der Waals surface area contributed by atoms with Crippen LogP contribution in [0.4, 0.5) is 0 Å². The molecule has 1 unspecified atom stereocenters. The molecule has 0 saturated carbocycles. The van der Waals surface area contributed by atoms with Crippen molar-refractivity contribution in [2.75, 3.05) is 13.1 Å². The van der Waals surface area contributed by atoms with Crippen molar-refractivity contribution in [1.29, 1.82) is 0 Å². The summed E-state index contributed by atoms with van der Waals surface area (Å²) in [5.41, 5.74) is 2.10. The average Bonchev–Trinajstić information content (AvgIpc) is 3.10. The molecule has 26 heavy (non-hydrogen) atoms. The van der Waals surface area contributed by atoms with Crippen LogP contribution in [0.5, 0.6) is 0 Å². The molecule has 0 amide bonds. The van der Waals surface area contributed by atoms with E-state index in [1.807, 2.05) is 25.5 Å². The molecule has 0 aliphatic carbocycles. The zero-order valence-corrected chi connectivity index (χ0v) is 18.2. The van der Waals surface area contributed by atoms with Crippen molar-refractivity contribution in [3.8, 4) is 0 Å². The number of guanidine groups is 1. The number of hydrogen-bond acceptors (Lipinski definition) is 5. The molecular formula is C17H28IN7O. The van der Waals surface area contributed by atoms with Crippen LogP contribution in [0.1, 0.15) is 42.0 Å². The fourth-order valence-electron chi connectivity index (χ4n) is 3.20. The maximum absolute atomic E-state index is 5.21. The van der Waals surface area contributed by atoms with Crippen LogP contribution < -0.4 is 10.6 Å². The number of aliphatic imine (C=N–C) groups is 1. The van der Waals surface area contributed by atoms with Crippen LogP contribution in [-0.4, -0.2) is 45.0 Å². The summed E-state index contributed by atoms with van der Waals surface area (Å²) in [4.78, 5) is 9.16. The predicted molar refractivity (Wildman–Crippen MR) is 111 cm³/mol. The maximum atomic E-state index is 5.21. The van der Waals surface area contributed by atoms with Gasteiger partial charge in [0.15, 0.2) is 5.96 Å². The van der Waals surface area contributed by atoms with Gasteiger partial charge in [0.2, 0.25) is 0 Å². The molecule has 0 spiro atoms. The average molecular weight is 473 g/mol. The van der Waals surface area contributed by atoms with Crippen molar-refractivity contribution in [3.63, 3.8) is 0 Å². The van der Waals surface area contributed by atoms with Gasteiger partial charge in [-0.05, 0) is 40.5 Å². The summed E-state index contributed by atoms with van der Waals surface area (Å²) in [6.45, 7) is 10.3. The largest absolute Gasteiger partial charge is 0.361 e. The molecule has 2 aromatic rings. The summed E-state index contributed by atoms with van der Waals surface area (Å²) in [6.07, 6.45) is 2.80. The van der Waals surface area contributed by atoms with E-state index in [1.165, 1.54) is 0 Å². The van der Waals surface area contributed by atoms with E-state index in [-0.39, 0.29) is 24.0 Å². The quantitative estimate of drug-likeness (QED) is 0.392. The van der Waals surface area contributed by atoms with Crippen molar-refractivity contribution in [2.24, 2.45) is 4.99 Å². The first-order valence-electron chi connectivity index (χ1n) is 8.93. The molecular weight excluding hydrogens is 445 g/mol. The van der Waals surface area contributed by atoms with Crippen LogP contribution in [0, 0.1) is 20.8 Å². The number of rotatable bonds is 5. The number of aryl methyl sites for hydroxylation is 4. The predicted octanol–water partition coefficient (Wildman–Crippen LogP) is 1.92. The van der Waals surface area contributed by atoms with E-state index in [4.69, 9.17) is 9.52 Å². The van der Waals surface area contributed by atoms with Gasteiger partial charge in [0.1, 0.15) is 17.4 Å². The minimum Gasteiger partial charge on any atom is -0.361 e. The van der Waals surface area contributed by atoms with Gasteiger partial charge in [-0.3, -0.25) is 4.99 Å². The lowest BCUT2D eigenvalue weighted by atomic mass is 10.1. The highest BCUT2D eigenvalue weighted by molar-refractivity contribution is 14.0. The molecule has 1 atom stereocenters. The van der Waals surface area contributed by atoms with Gasteiger partial charge in [0.25, 0.3) is 0 Å². The molecule has 8 nitrogen and oxygen atoms in total. The Bertz CT molecular complexity index is 733. The summed E-state index contributed by atoms with van der Waals surface area (Å²) in [5, 5.41) is 15.3. The Morgan fingerprint density at radius 2 is 2.15 bits per heavy atom. The van der Waals surface area contributed by atoms with Gasteiger partial charge >= 0.3 is 0 Å². The summed E-state index contributed by atoms with van der Waals surface area (Å²) in [5.74, 6) is 3.65. The van der Waals surface area contributed by atoms with Gasteiger partial charge in [0, 0.05) is 31.1 Å². The first-order valence-corrected chi connectivity index (χ1v) is 8.93. The van der Waals surface area contributed by atoms with E-state index in [9.17, 15) is 0 Å². The minimum absolute atomic E-state index is 0. The van der Waals surface area contributed by atoms with Crippen LogP contribution in [-0.2, 0) is 19.4 Å². The van der Waals surface area contributed by atoms with Gasteiger partial charge < -0.3 is 15.2 Å². The molecule has 0 aromatic carbocycles. The number of hydrogen-bond donors (Lipinski definition) is 2. The lowest BCUT2D eigenvalue weighted by Crippen LogP contribution is -2.47. The summed E-state index contributed by atoms with van der Waals surface area (Å²) < 4.78 is 7.22. The third kappa shape index (κ3) is 4.95. The Balaban J connectivity index is 0.00000243. The molecule has 0 radical (unpaired) electrons. The number of nitrogens with zero attached hydrogens (tertiary/aromatic N) is 5. The SMILES string of the molecule is CCNC(=NCCc1c(C)noc1C)NC1CCc2nc(C)nn2C1.I. The van der Waals surface area contributed by atoms with E-state index >= 15 is 0 Å². The Hall–Kier alpha value is -1.65. The van der Waals surface area contributed by atoms with E-state index in [2.05, 4.69) is 32.8 Å². The zero-order valence-electron chi connectivity index (χ0n) is 15.9. The molecule has 2 N–H and O–H groups in total. The Morgan fingerprint density at radius 3 is 2.85 bits per heavy atom. The second-order valence-corrected chi connectivity index (χ2v) is 6.45. The second-order valence-electron chi connectivity index (χ2n) is 6.45. The zero-order chi connectivity index (χ0) is 17.8. The van der Waals surface area contributed by atoms with E-state index in [0.717, 1.165) is 67.0 Å². The van der Waals surface area contributed by atoms with Crippen LogP contribution in [0.15, 0.2) is 9.52 Å². The third-order valence-electron chi connectivity index (χ3n) is 4.46. The molecule has 1 aliphatic rings. The molecule has 0 bridgehead atoms. The van der Waals surface area contributed by atoms with E-state index in [1.54, 1.807) is 0 Å². The van der Waals surface area contributed by atoms with Crippen molar-refractivity contribution < 1.29 is 4.52 Å². The van der Waals surface area contributed by atoms with E-state index in [0.29, 0.717) is 12.6 Å². The Labute approximate surface area is 171 Å². The van der Waals surface area contributed by atoms with Crippen molar-refractivity contribution in [2.45, 2.75) is 59.5 Å². The van der Waals surface area contributed by atoms with Gasteiger partial charge in [-0.1, -0.05) is 5.16 Å².